The number of benzene rings is 1. The molecule has 106 valence electrons. The molecule has 0 atom stereocenters. The maximum absolute atomic E-state index is 11.9. The Bertz CT molecular complexity index is 391. The molecule has 0 unspecified atom stereocenters. The molecule has 4 nitrogen and oxygen atoms in total. The van der Waals surface area contributed by atoms with Crippen molar-refractivity contribution in [3.63, 3.8) is 0 Å². The van der Waals surface area contributed by atoms with Crippen LogP contribution >= 0.6 is 0 Å². The van der Waals surface area contributed by atoms with Crippen molar-refractivity contribution in [3.05, 3.63) is 29.8 Å². The van der Waals surface area contributed by atoms with Gasteiger partial charge in [-0.1, -0.05) is 12.5 Å². The number of nitrogens with two attached hydrogens (primary N) is 1. The molecule has 0 saturated carbocycles. The maximum Gasteiger partial charge on any atom is 0.251 e. The van der Waals surface area contributed by atoms with Crippen LogP contribution in [-0.4, -0.2) is 25.1 Å². The minimum absolute atomic E-state index is 0.0537. The monoisotopic (exact) mass is 264 g/mol. The van der Waals surface area contributed by atoms with Gasteiger partial charge in [-0.3, -0.25) is 4.79 Å². The molecule has 0 heterocycles. The molecule has 19 heavy (non-hydrogen) atoms. The van der Waals surface area contributed by atoms with Crippen LogP contribution in [0.25, 0.3) is 0 Å². The molecule has 0 radical (unpaired) electrons. The van der Waals surface area contributed by atoms with Gasteiger partial charge in [0, 0.05) is 12.1 Å². The van der Waals surface area contributed by atoms with Crippen molar-refractivity contribution in [2.24, 2.45) is 5.73 Å². The fraction of sp³-hybridized carbons (Fsp3) is 0.533. The molecule has 0 fully saturated rings. The fourth-order valence-corrected chi connectivity index (χ4v) is 1.73. The summed E-state index contributed by atoms with van der Waals surface area (Å²) < 4.78 is 5.57. The van der Waals surface area contributed by atoms with Gasteiger partial charge in [0.2, 0.25) is 0 Å². The van der Waals surface area contributed by atoms with Crippen LogP contribution in [0.3, 0.4) is 0 Å². The molecule has 0 aromatic heterocycles. The molecule has 0 aliphatic rings. The zero-order valence-electron chi connectivity index (χ0n) is 11.8. The van der Waals surface area contributed by atoms with E-state index < -0.39 is 0 Å². The molecule has 0 spiro atoms. The molecule has 0 bridgehead atoms. The number of carbonyl (C=O) groups excluding carboxylic acids is 1. The van der Waals surface area contributed by atoms with E-state index in [0.717, 1.165) is 25.0 Å². The van der Waals surface area contributed by atoms with Crippen LogP contribution < -0.4 is 15.8 Å². The zero-order valence-corrected chi connectivity index (χ0v) is 11.8. The predicted molar refractivity (Wildman–Crippen MR) is 77.4 cm³/mol. The number of carbonyl (C=O) groups is 1. The molecule has 1 amide bonds. The van der Waals surface area contributed by atoms with Crippen LogP contribution in [0.5, 0.6) is 5.75 Å². The van der Waals surface area contributed by atoms with Crippen LogP contribution in [0.15, 0.2) is 24.3 Å². The third-order valence-corrected chi connectivity index (χ3v) is 2.63. The molecular weight excluding hydrogens is 240 g/mol. The van der Waals surface area contributed by atoms with Gasteiger partial charge >= 0.3 is 0 Å². The minimum atomic E-state index is -0.0537. The average molecular weight is 264 g/mol. The summed E-state index contributed by atoms with van der Waals surface area (Å²) in [6.07, 6.45) is 3.13. The highest BCUT2D eigenvalue weighted by molar-refractivity contribution is 5.94. The Morgan fingerprint density at radius 2 is 2.11 bits per heavy atom. The highest BCUT2D eigenvalue weighted by atomic mass is 16.5. The summed E-state index contributed by atoms with van der Waals surface area (Å²) in [5.74, 6) is 0.674. The van der Waals surface area contributed by atoms with Gasteiger partial charge in [-0.25, -0.2) is 0 Å². The first-order chi connectivity index (χ1) is 9.13. The van der Waals surface area contributed by atoms with Crippen molar-refractivity contribution in [1.29, 1.82) is 0 Å². The standard InChI is InChI=1S/C15H24N2O2/c1-12(2)19-14-8-6-7-13(11-14)15(18)17-10-5-3-4-9-16/h6-8,11-12H,3-5,9-10,16H2,1-2H3,(H,17,18). The summed E-state index contributed by atoms with van der Waals surface area (Å²) in [5.41, 5.74) is 6.05. The number of rotatable bonds is 8. The number of ether oxygens (including phenoxy) is 1. The van der Waals surface area contributed by atoms with Crippen LogP contribution in [0, 0.1) is 0 Å². The van der Waals surface area contributed by atoms with Crippen molar-refractivity contribution < 1.29 is 9.53 Å². The van der Waals surface area contributed by atoms with Crippen molar-refractivity contribution in [2.45, 2.75) is 39.2 Å². The molecule has 1 aromatic carbocycles. The molecule has 0 aliphatic carbocycles. The number of hydrogen-bond donors (Lipinski definition) is 2. The largest absolute Gasteiger partial charge is 0.491 e. The second kappa shape index (κ2) is 8.53. The van der Waals surface area contributed by atoms with E-state index in [4.69, 9.17) is 10.5 Å². The predicted octanol–water partition coefficient (Wildman–Crippen LogP) is 2.33. The van der Waals surface area contributed by atoms with E-state index in [1.165, 1.54) is 0 Å². The molecule has 1 aromatic rings. The molecule has 1 rings (SSSR count). The van der Waals surface area contributed by atoms with E-state index in [2.05, 4.69) is 5.32 Å². The van der Waals surface area contributed by atoms with E-state index in [-0.39, 0.29) is 12.0 Å². The summed E-state index contributed by atoms with van der Waals surface area (Å²) in [6.45, 7) is 5.32. The van der Waals surface area contributed by atoms with E-state index in [1.54, 1.807) is 12.1 Å². The van der Waals surface area contributed by atoms with Gasteiger partial charge in [-0.05, 0) is 51.4 Å². The van der Waals surface area contributed by atoms with Gasteiger partial charge in [0.05, 0.1) is 6.10 Å². The van der Waals surface area contributed by atoms with E-state index in [0.29, 0.717) is 18.7 Å². The number of unbranched alkanes of at least 4 members (excludes halogenated alkanes) is 2. The zero-order chi connectivity index (χ0) is 14.1. The lowest BCUT2D eigenvalue weighted by atomic mass is 10.2. The number of amides is 1. The lowest BCUT2D eigenvalue weighted by Crippen LogP contribution is -2.24. The Balaban J connectivity index is 2.43. The third-order valence-electron chi connectivity index (χ3n) is 2.63. The fourth-order valence-electron chi connectivity index (χ4n) is 1.73. The first kappa shape index (κ1) is 15.5. The van der Waals surface area contributed by atoms with Crippen molar-refractivity contribution >= 4 is 5.91 Å². The summed E-state index contributed by atoms with van der Waals surface area (Å²) in [7, 11) is 0. The van der Waals surface area contributed by atoms with Gasteiger partial charge in [0.15, 0.2) is 0 Å². The Morgan fingerprint density at radius 3 is 2.79 bits per heavy atom. The number of nitrogens with one attached hydrogen (secondary N) is 1. The summed E-state index contributed by atoms with van der Waals surface area (Å²) in [5, 5.41) is 2.90. The average Bonchev–Trinajstić information content (AvgIpc) is 2.38. The smallest absolute Gasteiger partial charge is 0.251 e. The lowest BCUT2D eigenvalue weighted by Gasteiger charge is -2.11. The first-order valence-electron chi connectivity index (χ1n) is 6.88. The highest BCUT2D eigenvalue weighted by Gasteiger charge is 2.06. The molecule has 0 aliphatic heterocycles. The summed E-state index contributed by atoms with van der Waals surface area (Å²) in [6, 6.07) is 7.26. The maximum atomic E-state index is 11.9. The minimum Gasteiger partial charge on any atom is -0.491 e. The van der Waals surface area contributed by atoms with E-state index in [1.807, 2.05) is 26.0 Å². The van der Waals surface area contributed by atoms with Gasteiger partial charge < -0.3 is 15.8 Å². The van der Waals surface area contributed by atoms with Crippen molar-refractivity contribution in [2.75, 3.05) is 13.1 Å². The molecular formula is C15H24N2O2. The second-order valence-electron chi connectivity index (χ2n) is 4.80. The molecule has 3 N–H and O–H groups in total. The summed E-state index contributed by atoms with van der Waals surface area (Å²) >= 11 is 0. The van der Waals surface area contributed by atoms with Gasteiger partial charge in [0.25, 0.3) is 5.91 Å². The van der Waals surface area contributed by atoms with E-state index in [9.17, 15) is 4.79 Å². The molecule has 4 heteroatoms. The third kappa shape index (κ3) is 6.25. The SMILES string of the molecule is CC(C)Oc1cccc(C(=O)NCCCCCN)c1. The first-order valence-corrected chi connectivity index (χ1v) is 6.88. The highest BCUT2D eigenvalue weighted by Crippen LogP contribution is 2.14. The van der Waals surface area contributed by atoms with Gasteiger partial charge in [-0.15, -0.1) is 0 Å². The Kier molecular flexibility index (Phi) is 6.97. The number of hydrogen-bond acceptors (Lipinski definition) is 3. The molecule has 0 saturated heterocycles. The van der Waals surface area contributed by atoms with Gasteiger partial charge in [-0.2, -0.15) is 0 Å². The topological polar surface area (TPSA) is 64.3 Å². The van der Waals surface area contributed by atoms with Crippen LogP contribution in [0.2, 0.25) is 0 Å². The second-order valence-corrected chi connectivity index (χ2v) is 4.80. The lowest BCUT2D eigenvalue weighted by molar-refractivity contribution is 0.0952. The normalized spacial score (nSPS) is 10.5. The van der Waals surface area contributed by atoms with Crippen LogP contribution in [-0.2, 0) is 0 Å². The van der Waals surface area contributed by atoms with E-state index >= 15 is 0 Å². The Labute approximate surface area is 115 Å². The van der Waals surface area contributed by atoms with Crippen molar-refractivity contribution in [3.8, 4) is 5.75 Å². The van der Waals surface area contributed by atoms with Crippen molar-refractivity contribution in [1.82, 2.24) is 5.32 Å². The van der Waals surface area contributed by atoms with Gasteiger partial charge in [0.1, 0.15) is 5.75 Å². The summed E-state index contributed by atoms with van der Waals surface area (Å²) in [4.78, 5) is 11.9. The van der Waals surface area contributed by atoms with Crippen LogP contribution in [0.4, 0.5) is 0 Å². The van der Waals surface area contributed by atoms with Crippen LogP contribution in [0.1, 0.15) is 43.5 Å². The Hall–Kier alpha value is -1.55. The quantitative estimate of drug-likeness (QED) is 0.708. The Morgan fingerprint density at radius 1 is 1.32 bits per heavy atom.